The number of thiazole rings is 1. The Morgan fingerprint density at radius 2 is 1.97 bits per heavy atom. The molecular weight excluding hydrogens is 468 g/mol. The lowest BCUT2D eigenvalue weighted by molar-refractivity contribution is -0.121. The molecule has 5 rings (SSSR count). The third-order valence-electron chi connectivity index (χ3n) is 5.91. The Kier molecular flexibility index (Phi) is 5.56. The van der Waals surface area contributed by atoms with Crippen LogP contribution in [0.4, 0.5) is 16.5 Å². The maximum absolute atomic E-state index is 13.2. The Morgan fingerprint density at radius 3 is 2.72 bits per heavy atom. The molecule has 1 aromatic heterocycles. The molecule has 2 aromatic carbocycles. The van der Waals surface area contributed by atoms with Crippen LogP contribution in [0.1, 0.15) is 12.0 Å². The summed E-state index contributed by atoms with van der Waals surface area (Å²) in [7, 11) is -3.68. The number of hydrogen-bond acceptors (Lipinski definition) is 6. The van der Waals surface area contributed by atoms with E-state index in [-0.39, 0.29) is 16.7 Å². The van der Waals surface area contributed by atoms with Gasteiger partial charge in [0.1, 0.15) is 0 Å². The predicted molar refractivity (Wildman–Crippen MR) is 127 cm³/mol. The minimum atomic E-state index is -3.68. The molecule has 0 spiro atoms. The van der Waals surface area contributed by atoms with Crippen molar-refractivity contribution in [1.29, 1.82) is 0 Å². The van der Waals surface area contributed by atoms with Gasteiger partial charge in [-0.2, -0.15) is 0 Å². The summed E-state index contributed by atoms with van der Waals surface area (Å²) in [6.45, 7) is 2.04. The minimum Gasteiger partial charge on any atom is -0.371 e. The first kappa shape index (κ1) is 21.2. The van der Waals surface area contributed by atoms with E-state index >= 15 is 0 Å². The molecule has 1 saturated heterocycles. The zero-order valence-electron chi connectivity index (χ0n) is 17.1. The van der Waals surface area contributed by atoms with Crippen molar-refractivity contribution in [3.05, 3.63) is 64.6 Å². The first-order chi connectivity index (χ1) is 15.4. The summed E-state index contributed by atoms with van der Waals surface area (Å²) >= 11 is 7.37. The predicted octanol–water partition coefficient (Wildman–Crippen LogP) is 4.01. The zero-order chi connectivity index (χ0) is 22.3. The van der Waals surface area contributed by atoms with Crippen molar-refractivity contribution in [1.82, 2.24) is 4.98 Å². The van der Waals surface area contributed by atoms with Gasteiger partial charge in [0.2, 0.25) is 5.91 Å². The fourth-order valence-electron chi connectivity index (χ4n) is 4.28. The number of nitrogens with one attached hydrogen (secondary N) is 1. The monoisotopic (exact) mass is 488 g/mol. The smallest absolute Gasteiger partial charge is 0.263 e. The number of sulfonamides is 1. The molecule has 1 amide bonds. The second-order valence-electron chi connectivity index (χ2n) is 7.88. The highest BCUT2D eigenvalue weighted by atomic mass is 35.5. The standard InChI is InChI=1S/C22H21ClN4O3S2/c23-17-2-1-15-8-11-27(20(15)13-17)21(28)16-7-10-26(14-16)18-3-5-19(6-4-18)32(29,30)25-22-24-9-12-31-22/h1-6,9,12-13,16H,7-8,10-11,14H2,(H,24,25). The molecule has 7 nitrogen and oxygen atoms in total. The number of nitrogens with zero attached hydrogens (tertiary/aromatic N) is 3. The third kappa shape index (κ3) is 4.07. The largest absolute Gasteiger partial charge is 0.371 e. The number of carbonyl (C=O) groups is 1. The molecule has 2 aliphatic rings. The summed E-state index contributed by atoms with van der Waals surface area (Å²) in [5, 5.41) is 2.68. The lowest BCUT2D eigenvalue weighted by Gasteiger charge is -2.23. The van der Waals surface area contributed by atoms with E-state index in [0.29, 0.717) is 23.2 Å². The Morgan fingerprint density at radius 1 is 1.16 bits per heavy atom. The Hall–Kier alpha value is -2.62. The molecule has 10 heteroatoms. The zero-order valence-corrected chi connectivity index (χ0v) is 19.5. The topological polar surface area (TPSA) is 82.6 Å². The van der Waals surface area contributed by atoms with Crippen molar-refractivity contribution < 1.29 is 13.2 Å². The van der Waals surface area contributed by atoms with E-state index in [4.69, 9.17) is 11.6 Å². The van der Waals surface area contributed by atoms with E-state index in [1.807, 2.05) is 23.1 Å². The van der Waals surface area contributed by atoms with Gasteiger partial charge in [-0.3, -0.25) is 9.52 Å². The van der Waals surface area contributed by atoms with Crippen LogP contribution in [-0.2, 0) is 21.2 Å². The second-order valence-corrected chi connectivity index (χ2v) is 10.9. The SMILES string of the molecule is O=C(C1CCN(c2ccc(S(=O)(=O)Nc3nccs3)cc2)C1)N1CCc2ccc(Cl)cc21. The quantitative estimate of drug-likeness (QED) is 0.586. The lowest BCUT2D eigenvalue weighted by Crippen LogP contribution is -2.36. The highest BCUT2D eigenvalue weighted by Crippen LogP contribution is 2.34. The van der Waals surface area contributed by atoms with Crippen molar-refractivity contribution in [2.24, 2.45) is 5.92 Å². The average Bonchev–Trinajstić information content (AvgIpc) is 3.54. The van der Waals surface area contributed by atoms with E-state index in [2.05, 4.69) is 14.6 Å². The number of carbonyl (C=O) groups excluding carboxylic acids is 1. The molecule has 2 aliphatic heterocycles. The van der Waals surface area contributed by atoms with Crippen LogP contribution in [0.15, 0.2) is 58.9 Å². The fourth-order valence-corrected chi connectivity index (χ4v) is 6.24. The highest BCUT2D eigenvalue weighted by molar-refractivity contribution is 7.93. The Labute approximate surface area is 195 Å². The molecule has 3 aromatic rings. The van der Waals surface area contributed by atoms with Crippen molar-refractivity contribution >= 4 is 55.4 Å². The molecular formula is C22H21ClN4O3S2. The van der Waals surface area contributed by atoms with Crippen molar-refractivity contribution in [3.63, 3.8) is 0 Å². The number of rotatable bonds is 5. The maximum atomic E-state index is 13.2. The van der Waals surface area contributed by atoms with Crippen molar-refractivity contribution in [2.45, 2.75) is 17.7 Å². The summed E-state index contributed by atoms with van der Waals surface area (Å²) in [6.07, 6.45) is 3.16. The average molecular weight is 489 g/mol. The van der Waals surface area contributed by atoms with Crippen LogP contribution in [0.3, 0.4) is 0 Å². The van der Waals surface area contributed by atoms with Crippen molar-refractivity contribution in [2.75, 3.05) is 34.2 Å². The number of amides is 1. The molecule has 166 valence electrons. The van der Waals surface area contributed by atoms with Gasteiger partial charge in [-0.15, -0.1) is 11.3 Å². The van der Waals surface area contributed by atoms with Gasteiger partial charge in [-0.1, -0.05) is 17.7 Å². The van der Waals surface area contributed by atoms with Crippen LogP contribution in [-0.4, -0.2) is 38.9 Å². The third-order valence-corrected chi connectivity index (χ3v) is 8.32. The number of anilines is 3. The summed E-state index contributed by atoms with van der Waals surface area (Å²) in [6, 6.07) is 12.5. The molecule has 1 fully saturated rings. The first-order valence-corrected chi connectivity index (χ1v) is 13.0. The minimum absolute atomic E-state index is 0.102. The molecule has 1 atom stereocenters. The molecule has 1 unspecified atom stereocenters. The first-order valence-electron chi connectivity index (χ1n) is 10.3. The lowest BCUT2D eigenvalue weighted by atomic mass is 10.1. The van der Waals surface area contributed by atoms with Gasteiger partial charge >= 0.3 is 0 Å². The van der Waals surface area contributed by atoms with Gasteiger partial charge < -0.3 is 9.80 Å². The number of aromatic nitrogens is 1. The van der Waals surface area contributed by atoms with Crippen LogP contribution in [0.5, 0.6) is 0 Å². The normalized spacial score (nSPS) is 18.1. The molecule has 0 aliphatic carbocycles. The molecule has 32 heavy (non-hydrogen) atoms. The summed E-state index contributed by atoms with van der Waals surface area (Å²) in [5.41, 5.74) is 2.97. The molecule has 0 saturated carbocycles. The van der Waals surface area contributed by atoms with Gasteiger partial charge in [0.05, 0.1) is 10.8 Å². The van der Waals surface area contributed by atoms with Gasteiger partial charge in [-0.05, 0) is 54.8 Å². The second kappa shape index (κ2) is 8.38. The van der Waals surface area contributed by atoms with Crippen LogP contribution < -0.4 is 14.5 Å². The summed E-state index contributed by atoms with van der Waals surface area (Å²) < 4.78 is 27.5. The van der Waals surface area contributed by atoms with Crippen LogP contribution in [0.2, 0.25) is 5.02 Å². The number of halogens is 1. The Bertz CT molecular complexity index is 1250. The Balaban J connectivity index is 1.26. The van der Waals surface area contributed by atoms with Gasteiger partial charge in [0.25, 0.3) is 10.0 Å². The molecule has 0 radical (unpaired) electrons. The highest BCUT2D eigenvalue weighted by Gasteiger charge is 2.35. The van der Waals surface area contributed by atoms with E-state index in [0.717, 1.165) is 36.3 Å². The summed E-state index contributed by atoms with van der Waals surface area (Å²) in [5.74, 6) is 0.0234. The maximum Gasteiger partial charge on any atom is 0.263 e. The van der Waals surface area contributed by atoms with E-state index < -0.39 is 10.0 Å². The van der Waals surface area contributed by atoms with E-state index in [1.165, 1.54) is 11.3 Å². The van der Waals surface area contributed by atoms with Gasteiger partial charge in [0, 0.05) is 47.6 Å². The number of benzene rings is 2. The van der Waals surface area contributed by atoms with E-state index in [9.17, 15) is 13.2 Å². The van der Waals surface area contributed by atoms with Crippen molar-refractivity contribution in [3.8, 4) is 0 Å². The van der Waals surface area contributed by atoms with Gasteiger partial charge in [0.15, 0.2) is 5.13 Å². The van der Waals surface area contributed by atoms with Crippen LogP contribution >= 0.6 is 22.9 Å². The summed E-state index contributed by atoms with van der Waals surface area (Å²) in [4.78, 5) is 21.3. The molecule has 1 N–H and O–H groups in total. The molecule has 3 heterocycles. The van der Waals surface area contributed by atoms with Crippen LogP contribution in [0, 0.1) is 5.92 Å². The van der Waals surface area contributed by atoms with Crippen LogP contribution in [0.25, 0.3) is 0 Å². The van der Waals surface area contributed by atoms with Gasteiger partial charge in [-0.25, -0.2) is 13.4 Å². The van der Waals surface area contributed by atoms with E-state index in [1.54, 1.807) is 35.8 Å². The number of hydrogen-bond donors (Lipinski definition) is 1. The molecule has 0 bridgehead atoms. The fraction of sp³-hybridized carbons (Fsp3) is 0.273. The number of fused-ring (bicyclic) bond motifs is 1.